The molecule has 4 N–H and O–H groups in total. The first-order valence-electron chi connectivity index (χ1n) is 10.4. The highest BCUT2D eigenvalue weighted by Crippen LogP contribution is 2.07. The van der Waals surface area contributed by atoms with E-state index in [1.807, 2.05) is 0 Å². The highest BCUT2D eigenvalue weighted by atomic mass is 16.1. The number of unbranched alkanes of at least 4 members (excludes halogenated alkanes) is 5. The molecule has 0 radical (unpaired) electrons. The lowest BCUT2D eigenvalue weighted by Crippen LogP contribution is -2.33. The van der Waals surface area contributed by atoms with Crippen molar-refractivity contribution in [1.82, 2.24) is 10.6 Å². The van der Waals surface area contributed by atoms with Crippen molar-refractivity contribution in [2.24, 2.45) is 5.73 Å². The van der Waals surface area contributed by atoms with Crippen LogP contribution < -0.4 is 16.4 Å². The Morgan fingerprint density at radius 3 is 2.19 bits per heavy atom. The normalized spacial score (nSPS) is 11.9. The molecule has 0 aliphatic carbocycles. The first kappa shape index (κ1) is 24.6. The highest BCUT2D eigenvalue weighted by molar-refractivity contribution is 5.75. The number of hydrogen-bond donors (Lipinski definition) is 3. The van der Waals surface area contributed by atoms with E-state index in [0.29, 0.717) is 19.5 Å². The number of allylic oxidation sites excluding steroid dienone is 6. The largest absolute Gasteiger partial charge is 0.355 e. The summed E-state index contributed by atoms with van der Waals surface area (Å²) < 4.78 is 0. The smallest absolute Gasteiger partial charge is 0.220 e. The van der Waals surface area contributed by atoms with Crippen LogP contribution >= 0.6 is 0 Å². The van der Waals surface area contributed by atoms with Crippen LogP contribution in [0.5, 0.6) is 0 Å². The van der Waals surface area contributed by atoms with Gasteiger partial charge in [-0.25, -0.2) is 0 Å². The molecule has 4 nitrogen and oxygen atoms in total. The lowest BCUT2D eigenvalue weighted by atomic mass is 10.1. The van der Waals surface area contributed by atoms with Crippen LogP contribution in [0.15, 0.2) is 36.5 Å². The SMILES string of the molecule is CCC=CCC=CCC=CCCCCCCCC(=O)NCCNCCN. The predicted molar refractivity (Wildman–Crippen MR) is 114 cm³/mol. The second-order valence-corrected chi connectivity index (χ2v) is 6.49. The molecule has 0 rings (SSSR count). The second-order valence-electron chi connectivity index (χ2n) is 6.49. The summed E-state index contributed by atoms with van der Waals surface area (Å²) in [5.74, 6) is 0.167. The molecule has 0 bridgehead atoms. The summed E-state index contributed by atoms with van der Waals surface area (Å²) in [7, 11) is 0. The molecule has 0 saturated carbocycles. The maximum absolute atomic E-state index is 11.6. The maximum Gasteiger partial charge on any atom is 0.220 e. The quantitative estimate of drug-likeness (QED) is 0.252. The molecule has 0 heterocycles. The first-order valence-corrected chi connectivity index (χ1v) is 10.4. The molecule has 0 aromatic rings. The zero-order valence-corrected chi connectivity index (χ0v) is 16.8. The fraction of sp³-hybridized carbons (Fsp3) is 0.682. The van der Waals surface area contributed by atoms with Gasteiger partial charge in [-0.2, -0.15) is 0 Å². The standard InChI is InChI=1S/C22H41N3O/c1-2-3-4-5-6-7-8-9-10-11-12-13-14-15-16-17-22(26)25-21-20-24-19-18-23/h3-4,6-7,9-10,24H,2,5,8,11-21,23H2,1H3,(H,25,26). The van der Waals surface area contributed by atoms with Gasteiger partial charge in [-0.05, 0) is 38.5 Å². The number of hydrogen-bond acceptors (Lipinski definition) is 3. The summed E-state index contributed by atoms with van der Waals surface area (Å²) in [6.07, 6.45) is 24.3. The van der Waals surface area contributed by atoms with Crippen LogP contribution in [0.2, 0.25) is 0 Å². The minimum atomic E-state index is 0.167. The second kappa shape index (κ2) is 21.7. The predicted octanol–water partition coefficient (Wildman–Crippen LogP) is 4.24. The van der Waals surface area contributed by atoms with E-state index in [1.165, 1.54) is 25.7 Å². The molecular formula is C22H41N3O. The molecule has 150 valence electrons. The van der Waals surface area contributed by atoms with Crippen molar-refractivity contribution in [3.8, 4) is 0 Å². The minimum Gasteiger partial charge on any atom is -0.355 e. The van der Waals surface area contributed by atoms with Gasteiger partial charge in [-0.1, -0.05) is 62.6 Å². The third kappa shape index (κ3) is 20.7. The lowest BCUT2D eigenvalue weighted by molar-refractivity contribution is -0.121. The van der Waals surface area contributed by atoms with Crippen LogP contribution in [-0.4, -0.2) is 32.1 Å². The van der Waals surface area contributed by atoms with Gasteiger partial charge in [-0.3, -0.25) is 4.79 Å². The van der Waals surface area contributed by atoms with Crippen molar-refractivity contribution in [2.45, 2.75) is 71.1 Å². The molecule has 0 fully saturated rings. The molecule has 0 aromatic heterocycles. The van der Waals surface area contributed by atoms with E-state index >= 15 is 0 Å². The number of nitrogens with one attached hydrogen (secondary N) is 2. The Morgan fingerprint density at radius 2 is 1.46 bits per heavy atom. The molecule has 0 atom stereocenters. The van der Waals surface area contributed by atoms with Crippen molar-refractivity contribution in [2.75, 3.05) is 26.2 Å². The van der Waals surface area contributed by atoms with Crippen molar-refractivity contribution in [3.63, 3.8) is 0 Å². The van der Waals surface area contributed by atoms with Crippen molar-refractivity contribution >= 4 is 5.91 Å². The molecule has 0 aliphatic heterocycles. The first-order chi connectivity index (χ1) is 12.8. The van der Waals surface area contributed by atoms with E-state index in [9.17, 15) is 4.79 Å². The molecule has 4 heteroatoms. The lowest BCUT2D eigenvalue weighted by Gasteiger charge is -2.06. The van der Waals surface area contributed by atoms with Crippen LogP contribution in [0.25, 0.3) is 0 Å². The Hall–Kier alpha value is -1.39. The summed E-state index contributed by atoms with van der Waals surface area (Å²) in [4.78, 5) is 11.6. The van der Waals surface area contributed by atoms with Crippen LogP contribution in [0, 0.1) is 0 Å². The van der Waals surface area contributed by atoms with Gasteiger partial charge < -0.3 is 16.4 Å². The molecule has 0 unspecified atom stereocenters. The monoisotopic (exact) mass is 363 g/mol. The summed E-state index contributed by atoms with van der Waals surface area (Å²) in [5.41, 5.74) is 5.38. The average Bonchev–Trinajstić information content (AvgIpc) is 2.64. The third-order valence-electron chi connectivity index (χ3n) is 4.00. The zero-order chi connectivity index (χ0) is 19.1. The fourth-order valence-electron chi connectivity index (χ4n) is 2.51. The van der Waals surface area contributed by atoms with E-state index in [-0.39, 0.29) is 5.91 Å². The molecule has 0 aliphatic rings. The van der Waals surface area contributed by atoms with E-state index in [1.54, 1.807) is 0 Å². The molecule has 1 amide bonds. The van der Waals surface area contributed by atoms with Crippen molar-refractivity contribution in [3.05, 3.63) is 36.5 Å². The zero-order valence-electron chi connectivity index (χ0n) is 16.8. The van der Waals surface area contributed by atoms with Gasteiger partial charge in [-0.15, -0.1) is 0 Å². The maximum atomic E-state index is 11.6. The minimum absolute atomic E-state index is 0.167. The van der Waals surface area contributed by atoms with Gasteiger partial charge in [0.15, 0.2) is 0 Å². The van der Waals surface area contributed by atoms with E-state index < -0.39 is 0 Å². The topological polar surface area (TPSA) is 67.2 Å². The van der Waals surface area contributed by atoms with Gasteiger partial charge in [0, 0.05) is 32.6 Å². The average molecular weight is 364 g/mol. The van der Waals surface area contributed by atoms with Crippen LogP contribution in [0.4, 0.5) is 0 Å². The number of nitrogens with two attached hydrogens (primary N) is 1. The molecular weight excluding hydrogens is 322 g/mol. The van der Waals surface area contributed by atoms with E-state index in [2.05, 4.69) is 54.0 Å². The van der Waals surface area contributed by atoms with Crippen molar-refractivity contribution in [1.29, 1.82) is 0 Å². The van der Waals surface area contributed by atoms with Gasteiger partial charge in [0.2, 0.25) is 5.91 Å². The van der Waals surface area contributed by atoms with Crippen LogP contribution in [0.1, 0.15) is 71.1 Å². The number of amides is 1. The molecule has 0 saturated heterocycles. The Labute approximate surface area is 161 Å². The summed E-state index contributed by atoms with van der Waals surface area (Å²) >= 11 is 0. The van der Waals surface area contributed by atoms with Gasteiger partial charge in [0.05, 0.1) is 0 Å². The Balaban J connectivity index is 3.29. The number of carbonyl (C=O) groups is 1. The van der Waals surface area contributed by atoms with Gasteiger partial charge in [0.1, 0.15) is 0 Å². The summed E-state index contributed by atoms with van der Waals surface area (Å²) in [6.45, 7) is 5.08. The summed E-state index contributed by atoms with van der Waals surface area (Å²) in [6, 6.07) is 0. The van der Waals surface area contributed by atoms with Crippen LogP contribution in [0.3, 0.4) is 0 Å². The Bertz CT molecular complexity index is 389. The van der Waals surface area contributed by atoms with E-state index in [4.69, 9.17) is 5.73 Å². The van der Waals surface area contributed by atoms with Gasteiger partial charge in [0.25, 0.3) is 0 Å². The Morgan fingerprint density at radius 1 is 0.808 bits per heavy atom. The molecule has 0 spiro atoms. The molecule has 0 aromatic carbocycles. The van der Waals surface area contributed by atoms with Gasteiger partial charge >= 0.3 is 0 Å². The Kier molecular flexibility index (Phi) is 20.5. The third-order valence-corrected chi connectivity index (χ3v) is 4.00. The van der Waals surface area contributed by atoms with Crippen molar-refractivity contribution < 1.29 is 4.79 Å². The fourth-order valence-corrected chi connectivity index (χ4v) is 2.51. The van der Waals surface area contributed by atoms with E-state index in [0.717, 1.165) is 45.2 Å². The van der Waals surface area contributed by atoms with Crippen LogP contribution in [-0.2, 0) is 4.79 Å². The number of carbonyl (C=O) groups excluding carboxylic acids is 1. The summed E-state index contributed by atoms with van der Waals surface area (Å²) in [5, 5.41) is 6.09. The molecule has 26 heavy (non-hydrogen) atoms. The highest BCUT2D eigenvalue weighted by Gasteiger charge is 1.99. The number of rotatable bonds is 18.